The molecule has 0 spiro atoms. The van der Waals surface area contributed by atoms with Gasteiger partial charge in [-0.1, -0.05) is 0 Å². The molecule has 2 N–H and O–H groups in total. The van der Waals surface area contributed by atoms with Crippen LogP contribution in [0.4, 0.5) is 0 Å². The minimum absolute atomic E-state index is 0.0137. The van der Waals surface area contributed by atoms with Gasteiger partial charge < -0.3 is 15.2 Å². The molecule has 1 unspecified atom stereocenters. The maximum atomic E-state index is 12.2. The third kappa shape index (κ3) is 3.07. The number of methoxy groups -OCH3 is 1. The molecule has 0 aromatic carbocycles. The predicted molar refractivity (Wildman–Crippen MR) is 76.7 cm³/mol. The van der Waals surface area contributed by atoms with Crippen molar-refractivity contribution in [3.63, 3.8) is 0 Å². The number of amides is 1. The number of carboxylic acid groups (broad SMARTS) is 1. The van der Waals surface area contributed by atoms with Gasteiger partial charge in [0.15, 0.2) is 6.10 Å². The minimum atomic E-state index is -1.03. The molecular weight excluding hydrogens is 270 g/mol. The second kappa shape index (κ2) is 5.59. The van der Waals surface area contributed by atoms with Crippen molar-refractivity contribution in [2.45, 2.75) is 51.0 Å². The van der Waals surface area contributed by atoms with Gasteiger partial charge in [0, 0.05) is 13.5 Å². The molecule has 4 saturated carbocycles. The number of ether oxygens (including phenoxy) is 1. The number of hydrogen-bond donors (Lipinski definition) is 2. The second-order valence-corrected chi connectivity index (χ2v) is 7.46. The number of rotatable bonds is 6. The molecule has 118 valence electrons. The van der Waals surface area contributed by atoms with Crippen LogP contribution in [0.2, 0.25) is 0 Å². The number of carboxylic acids is 1. The lowest BCUT2D eigenvalue weighted by molar-refractivity contribution is -0.148. The Hall–Kier alpha value is -1.10. The van der Waals surface area contributed by atoms with Crippen LogP contribution in [-0.4, -0.2) is 36.7 Å². The van der Waals surface area contributed by atoms with E-state index in [-0.39, 0.29) is 17.9 Å². The van der Waals surface area contributed by atoms with Gasteiger partial charge >= 0.3 is 5.97 Å². The van der Waals surface area contributed by atoms with Crippen LogP contribution in [0.3, 0.4) is 0 Å². The Morgan fingerprint density at radius 1 is 1.19 bits per heavy atom. The summed E-state index contributed by atoms with van der Waals surface area (Å²) < 4.78 is 4.84. The highest BCUT2D eigenvalue weighted by Gasteiger charge is 2.51. The van der Waals surface area contributed by atoms with Crippen LogP contribution in [0.15, 0.2) is 0 Å². The van der Waals surface area contributed by atoms with E-state index in [4.69, 9.17) is 9.84 Å². The van der Waals surface area contributed by atoms with Crippen molar-refractivity contribution in [2.24, 2.45) is 23.2 Å². The molecule has 0 heterocycles. The quantitative estimate of drug-likeness (QED) is 0.783. The number of aliphatic carboxylic acids is 1. The van der Waals surface area contributed by atoms with Gasteiger partial charge in [-0.15, -0.1) is 0 Å². The molecule has 1 atom stereocenters. The minimum Gasteiger partial charge on any atom is -0.479 e. The first kappa shape index (κ1) is 14.8. The van der Waals surface area contributed by atoms with Crippen molar-refractivity contribution in [3.05, 3.63) is 0 Å². The van der Waals surface area contributed by atoms with Gasteiger partial charge in [-0.2, -0.15) is 0 Å². The van der Waals surface area contributed by atoms with Gasteiger partial charge in [0.05, 0.1) is 6.54 Å². The van der Waals surface area contributed by atoms with Gasteiger partial charge in [-0.25, -0.2) is 4.79 Å². The molecule has 0 radical (unpaired) electrons. The Kier molecular flexibility index (Phi) is 3.95. The monoisotopic (exact) mass is 295 g/mol. The molecule has 5 heteroatoms. The summed E-state index contributed by atoms with van der Waals surface area (Å²) in [4.78, 5) is 23.1. The van der Waals surface area contributed by atoms with Crippen molar-refractivity contribution in [2.75, 3.05) is 13.7 Å². The summed E-state index contributed by atoms with van der Waals surface area (Å²) in [6.45, 7) is 0.0526. The fraction of sp³-hybridized carbons (Fsp3) is 0.875. The van der Waals surface area contributed by atoms with Crippen molar-refractivity contribution in [1.29, 1.82) is 0 Å². The largest absolute Gasteiger partial charge is 0.479 e. The fourth-order valence-corrected chi connectivity index (χ4v) is 5.39. The molecule has 0 aromatic rings. The van der Waals surface area contributed by atoms with E-state index >= 15 is 0 Å². The van der Waals surface area contributed by atoms with Crippen molar-refractivity contribution >= 4 is 11.9 Å². The fourth-order valence-electron chi connectivity index (χ4n) is 5.39. The summed E-state index contributed by atoms with van der Waals surface area (Å²) in [5.74, 6) is 1.44. The molecule has 0 saturated heterocycles. The number of carbonyl (C=O) groups is 2. The average molecular weight is 295 g/mol. The number of hydrogen-bond acceptors (Lipinski definition) is 3. The van der Waals surface area contributed by atoms with Crippen molar-refractivity contribution in [1.82, 2.24) is 5.32 Å². The van der Waals surface area contributed by atoms with Crippen molar-refractivity contribution in [3.8, 4) is 0 Å². The molecule has 5 nitrogen and oxygen atoms in total. The highest BCUT2D eigenvalue weighted by Crippen LogP contribution is 2.61. The number of nitrogens with one attached hydrogen (secondary N) is 1. The molecule has 21 heavy (non-hydrogen) atoms. The van der Waals surface area contributed by atoms with Crippen LogP contribution >= 0.6 is 0 Å². The van der Waals surface area contributed by atoms with Crippen LogP contribution in [0.25, 0.3) is 0 Å². The zero-order valence-corrected chi connectivity index (χ0v) is 12.6. The summed E-state index contributed by atoms with van der Waals surface area (Å²) in [6, 6.07) is 0. The van der Waals surface area contributed by atoms with Crippen LogP contribution in [-0.2, 0) is 14.3 Å². The zero-order chi connectivity index (χ0) is 15.0. The van der Waals surface area contributed by atoms with E-state index in [1.165, 1.54) is 45.6 Å². The smallest absolute Gasteiger partial charge is 0.334 e. The highest BCUT2D eigenvalue weighted by molar-refractivity contribution is 5.78. The molecule has 4 aliphatic carbocycles. The Labute approximate surface area is 125 Å². The first-order valence-electron chi connectivity index (χ1n) is 8.02. The van der Waals surface area contributed by atoms with Crippen molar-refractivity contribution < 1.29 is 19.4 Å². The van der Waals surface area contributed by atoms with Crippen LogP contribution in [0.1, 0.15) is 44.9 Å². The summed E-state index contributed by atoms with van der Waals surface area (Å²) >= 11 is 0. The Balaban J connectivity index is 1.54. The first-order chi connectivity index (χ1) is 9.99. The predicted octanol–water partition coefficient (Wildman–Crippen LogP) is 1.81. The van der Waals surface area contributed by atoms with Gasteiger partial charge in [0.25, 0.3) is 0 Å². The topological polar surface area (TPSA) is 75.6 Å². The van der Waals surface area contributed by atoms with Gasteiger partial charge in [-0.3, -0.25) is 4.79 Å². The van der Waals surface area contributed by atoms with E-state index in [2.05, 4.69) is 5.32 Å². The summed E-state index contributed by atoms with van der Waals surface area (Å²) in [5.41, 5.74) is 0.199. The Morgan fingerprint density at radius 3 is 2.14 bits per heavy atom. The lowest BCUT2D eigenvalue weighted by atomic mass is 9.49. The van der Waals surface area contributed by atoms with E-state index in [9.17, 15) is 9.59 Å². The lowest BCUT2D eigenvalue weighted by Gasteiger charge is -2.56. The van der Waals surface area contributed by atoms with Crippen LogP contribution < -0.4 is 5.32 Å². The molecule has 0 aromatic heterocycles. The molecule has 0 aliphatic heterocycles. The van der Waals surface area contributed by atoms with E-state index in [1.54, 1.807) is 0 Å². The lowest BCUT2D eigenvalue weighted by Crippen LogP contribution is -2.48. The average Bonchev–Trinajstić information content (AvgIpc) is 2.36. The third-order valence-corrected chi connectivity index (χ3v) is 5.75. The number of carbonyl (C=O) groups excluding carboxylic acids is 1. The molecule has 4 bridgehead atoms. The maximum absolute atomic E-state index is 12.2. The van der Waals surface area contributed by atoms with Gasteiger partial charge in [0.1, 0.15) is 0 Å². The molecule has 4 aliphatic rings. The SMILES string of the molecule is COC(CNC(=O)CC12CC3CC(CC(C3)C1)C2)C(=O)O. The molecule has 4 rings (SSSR count). The van der Waals surface area contributed by atoms with E-state index < -0.39 is 12.1 Å². The third-order valence-electron chi connectivity index (χ3n) is 5.75. The van der Waals surface area contributed by atoms with E-state index in [0.29, 0.717) is 6.42 Å². The van der Waals surface area contributed by atoms with E-state index in [0.717, 1.165) is 17.8 Å². The Morgan fingerprint density at radius 2 is 1.71 bits per heavy atom. The van der Waals surface area contributed by atoms with E-state index in [1.807, 2.05) is 0 Å². The second-order valence-electron chi connectivity index (χ2n) is 7.46. The van der Waals surface area contributed by atoms with Crippen LogP contribution in [0, 0.1) is 23.2 Å². The highest BCUT2D eigenvalue weighted by atomic mass is 16.5. The van der Waals surface area contributed by atoms with Crippen LogP contribution in [0.5, 0.6) is 0 Å². The molecular formula is C16H25NO4. The summed E-state index contributed by atoms with van der Waals surface area (Å²) in [7, 11) is 1.35. The van der Waals surface area contributed by atoms with Gasteiger partial charge in [-0.05, 0) is 61.7 Å². The standard InChI is InChI=1S/C16H25NO4/c1-21-13(15(19)20)9-17-14(18)8-16-5-10-2-11(6-16)4-12(3-10)7-16/h10-13H,2-9H2,1H3,(H,17,18)(H,19,20). The first-order valence-corrected chi connectivity index (χ1v) is 8.02. The van der Waals surface area contributed by atoms with Gasteiger partial charge in [0.2, 0.25) is 5.91 Å². The maximum Gasteiger partial charge on any atom is 0.334 e. The zero-order valence-electron chi connectivity index (χ0n) is 12.6. The summed E-state index contributed by atoms with van der Waals surface area (Å²) in [6.07, 6.45) is 7.29. The molecule has 4 fully saturated rings. The Bertz CT molecular complexity index is 399. The normalized spacial score (nSPS) is 38.2. The summed E-state index contributed by atoms with van der Waals surface area (Å²) in [5, 5.41) is 11.7. The molecule has 1 amide bonds.